The first-order valence-electron chi connectivity index (χ1n) is 6.24. The first kappa shape index (κ1) is 14.9. The summed E-state index contributed by atoms with van der Waals surface area (Å²) < 4.78 is 60.7. The van der Waals surface area contributed by atoms with Gasteiger partial charge in [-0.2, -0.15) is 8.78 Å². The summed E-state index contributed by atoms with van der Waals surface area (Å²) in [6.07, 6.45) is -3.22. The van der Waals surface area contributed by atoms with E-state index in [4.69, 9.17) is 9.47 Å². The van der Waals surface area contributed by atoms with Crippen molar-refractivity contribution in [3.05, 3.63) is 23.8 Å². The van der Waals surface area contributed by atoms with Crippen LogP contribution in [0.1, 0.15) is 18.9 Å². The molecule has 0 amide bonds. The second kappa shape index (κ2) is 5.87. The Balaban J connectivity index is 2.03. The molecule has 112 valence electrons. The van der Waals surface area contributed by atoms with E-state index in [-0.39, 0.29) is 13.2 Å². The van der Waals surface area contributed by atoms with E-state index in [1.165, 1.54) is 0 Å². The molecule has 0 aromatic heterocycles. The van der Waals surface area contributed by atoms with Crippen LogP contribution >= 0.6 is 0 Å². The summed E-state index contributed by atoms with van der Waals surface area (Å²) in [5, 5.41) is 1.70. The van der Waals surface area contributed by atoms with Crippen molar-refractivity contribution >= 4 is 0 Å². The molecular weight excluding hydrogens is 278 g/mol. The molecule has 1 aliphatic rings. The van der Waals surface area contributed by atoms with Gasteiger partial charge in [-0.25, -0.2) is 8.78 Å². The summed E-state index contributed by atoms with van der Waals surface area (Å²) in [5.74, 6) is 1.13. The lowest BCUT2D eigenvalue weighted by Gasteiger charge is -2.24. The third kappa shape index (κ3) is 3.33. The van der Waals surface area contributed by atoms with Crippen LogP contribution in [0.3, 0.4) is 0 Å². The molecule has 0 saturated carbocycles. The zero-order valence-electron chi connectivity index (χ0n) is 10.8. The second-order valence-electron chi connectivity index (χ2n) is 4.56. The summed E-state index contributed by atoms with van der Waals surface area (Å²) in [4.78, 5) is 0. The number of nitrogens with one attached hydrogen (secondary N) is 1. The van der Waals surface area contributed by atoms with Gasteiger partial charge in [0.15, 0.2) is 11.5 Å². The molecule has 1 unspecified atom stereocenters. The highest BCUT2D eigenvalue weighted by Gasteiger charge is 2.41. The fourth-order valence-electron chi connectivity index (χ4n) is 1.99. The van der Waals surface area contributed by atoms with Gasteiger partial charge in [-0.1, -0.05) is 13.0 Å². The van der Waals surface area contributed by atoms with Crippen LogP contribution in [0.4, 0.5) is 17.6 Å². The molecule has 0 bridgehead atoms. The molecule has 20 heavy (non-hydrogen) atoms. The zero-order chi connectivity index (χ0) is 14.8. The number of benzene rings is 1. The van der Waals surface area contributed by atoms with E-state index in [0.717, 1.165) is 5.56 Å². The van der Waals surface area contributed by atoms with Gasteiger partial charge in [0.2, 0.25) is 6.79 Å². The van der Waals surface area contributed by atoms with Crippen LogP contribution in [0, 0.1) is 0 Å². The standard InChI is InChI=1S/C13H15F4NO2/c1-2-9(18-13(16,17)12(14)15)5-8-3-4-10-11(6-8)20-7-19-10/h3-4,6,9,12,18H,2,5,7H2,1H3. The van der Waals surface area contributed by atoms with Crippen molar-refractivity contribution in [1.29, 1.82) is 0 Å². The van der Waals surface area contributed by atoms with Crippen molar-refractivity contribution in [3.63, 3.8) is 0 Å². The number of ether oxygens (including phenoxy) is 2. The molecule has 0 fully saturated rings. The third-order valence-electron chi connectivity index (χ3n) is 3.08. The molecule has 1 N–H and O–H groups in total. The Morgan fingerprint density at radius 2 is 1.95 bits per heavy atom. The number of fused-ring (bicyclic) bond motifs is 1. The first-order valence-corrected chi connectivity index (χ1v) is 6.24. The predicted octanol–water partition coefficient (Wildman–Crippen LogP) is 3.18. The van der Waals surface area contributed by atoms with Crippen molar-refractivity contribution in [1.82, 2.24) is 5.32 Å². The minimum atomic E-state index is -4.18. The summed E-state index contributed by atoms with van der Waals surface area (Å²) >= 11 is 0. The molecule has 0 saturated heterocycles. The largest absolute Gasteiger partial charge is 0.454 e. The van der Waals surface area contributed by atoms with E-state index in [2.05, 4.69) is 0 Å². The molecule has 0 radical (unpaired) electrons. The number of hydrogen-bond acceptors (Lipinski definition) is 3. The molecule has 1 heterocycles. The van der Waals surface area contributed by atoms with Crippen LogP contribution in [0.5, 0.6) is 11.5 Å². The molecular formula is C13H15F4NO2. The van der Waals surface area contributed by atoms with Gasteiger partial charge in [-0.3, -0.25) is 5.32 Å². The lowest BCUT2D eigenvalue weighted by atomic mass is 10.0. The molecule has 1 aliphatic heterocycles. The molecule has 2 rings (SSSR count). The smallest absolute Gasteiger partial charge is 0.362 e. The van der Waals surface area contributed by atoms with E-state index in [0.29, 0.717) is 17.9 Å². The number of hydrogen-bond donors (Lipinski definition) is 1. The van der Waals surface area contributed by atoms with E-state index in [9.17, 15) is 17.6 Å². The highest BCUT2D eigenvalue weighted by Crippen LogP contribution is 2.33. The third-order valence-corrected chi connectivity index (χ3v) is 3.08. The summed E-state index contributed by atoms with van der Waals surface area (Å²) in [6, 6.07) is 0.123. The van der Waals surface area contributed by atoms with Gasteiger partial charge in [-0.05, 0) is 30.5 Å². The number of halogens is 4. The quantitative estimate of drug-likeness (QED) is 0.645. The van der Waals surface area contributed by atoms with Crippen LogP contribution in [0.25, 0.3) is 0 Å². The average molecular weight is 293 g/mol. The summed E-state index contributed by atoms with van der Waals surface area (Å²) in [7, 11) is 0. The van der Waals surface area contributed by atoms with Gasteiger partial charge in [-0.15, -0.1) is 0 Å². The normalized spacial score (nSPS) is 15.7. The highest BCUT2D eigenvalue weighted by atomic mass is 19.3. The van der Waals surface area contributed by atoms with Crippen LogP contribution < -0.4 is 14.8 Å². The minimum absolute atomic E-state index is 0.123. The Hall–Kier alpha value is -1.50. The van der Waals surface area contributed by atoms with Crippen molar-refractivity contribution in [2.24, 2.45) is 0 Å². The van der Waals surface area contributed by atoms with Crippen molar-refractivity contribution in [3.8, 4) is 11.5 Å². The molecule has 0 spiro atoms. The van der Waals surface area contributed by atoms with E-state index < -0.39 is 18.5 Å². The van der Waals surface area contributed by atoms with Crippen molar-refractivity contribution in [2.45, 2.75) is 38.3 Å². The Labute approximate surface area is 113 Å². The monoisotopic (exact) mass is 293 g/mol. The van der Waals surface area contributed by atoms with Gasteiger partial charge >= 0.3 is 12.5 Å². The maximum absolute atomic E-state index is 13.0. The molecule has 1 aromatic carbocycles. The SMILES string of the molecule is CCC(Cc1ccc2c(c1)OCO2)NC(F)(F)C(F)F. The van der Waals surface area contributed by atoms with E-state index in [1.807, 2.05) is 0 Å². The summed E-state index contributed by atoms with van der Waals surface area (Å²) in [5.41, 5.74) is 0.721. The van der Waals surface area contributed by atoms with Crippen LogP contribution in [0.15, 0.2) is 18.2 Å². The topological polar surface area (TPSA) is 30.5 Å². The van der Waals surface area contributed by atoms with Crippen LogP contribution in [-0.4, -0.2) is 25.3 Å². The van der Waals surface area contributed by atoms with Gasteiger partial charge in [0.05, 0.1) is 0 Å². The van der Waals surface area contributed by atoms with Gasteiger partial charge in [0.1, 0.15) is 0 Å². The fraction of sp³-hybridized carbons (Fsp3) is 0.538. The Bertz CT molecular complexity index is 468. The highest BCUT2D eigenvalue weighted by molar-refractivity contribution is 5.44. The minimum Gasteiger partial charge on any atom is -0.454 e. The van der Waals surface area contributed by atoms with Gasteiger partial charge < -0.3 is 9.47 Å². The maximum Gasteiger partial charge on any atom is 0.362 e. The molecule has 1 aromatic rings. The molecule has 7 heteroatoms. The van der Waals surface area contributed by atoms with Gasteiger partial charge in [0, 0.05) is 6.04 Å². The Kier molecular flexibility index (Phi) is 4.37. The predicted molar refractivity (Wildman–Crippen MR) is 64.4 cm³/mol. The molecule has 3 nitrogen and oxygen atoms in total. The first-order chi connectivity index (χ1) is 9.42. The van der Waals surface area contributed by atoms with E-state index in [1.54, 1.807) is 30.4 Å². The summed E-state index contributed by atoms with van der Waals surface area (Å²) in [6.45, 7) is 1.78. The lowest BCUT2D eigenvalue weighted by molar-refractivity contribution is -0.157. The van der Waals surface area contributed by atoms with Crippen molar-refractivity contribution in [2.75, 3.05) is 6.79 Å². The van der Waals surface area contributed by atoms with Crippen molar-refractivity contribution < 1.29 is 27.0 Å². The van der Waals surface area contributed by atoms with Crippen LogP contribution in [-0.2, 0) is 6.42 Å². The van der Waals surface area contributed by atoms with Crippen LogP contribution in [0.2, 0.25) is 0 Å². The zero-order valence-corrected chi connectivity index (χ0v) is 10.8. The average Bonchev–Trinajstić information content (AvgIpc) is 2.84. The number of alkyl halides is 4. The second-order valence-corrected chi connectivity index (χ2v) is 4.56. The molecule has 0 aliphatic carbocycles. The van der Waals surface area contributed by atoms with Gasteiger partial charge in [0.25, 0.3) is 0 Å². The van der Waals surface area contributed by atoms with E-state index >= 15 is 0 Å². The Morgan fingerprint density at radius 1 is 1.25 bits per heavy atom. The number of rotatable bonds is 6. The fourth-order valence-corrected chi connectivity index (χ4v) is 1.99. The molecule has 1 atom stereocenters. The lowest BCUT2D eigenvalue weighted by Crippen LogP contribution is -2.49. The Morgan fingerprint density at radius 3 is 2.60 bits per heavy atom. The maximum atomic E-state index is 13.0.